The summed E-state index contributed by atoms with van der Waals surface area (Å²) in [7, 11) is 0. The molecule has 2 aliphatic rings. The maximum absolute atomic E-state index is 13.5. The smallest absolute Gasteiger partial charge is 0.387 e. The number of halogens is 3. The molecule has 39 heavy (non-hydrogen) atoms. The Kier molecular flexibility index (Phi) is 8.96. The first-order valence-electron chi connectivity index (χ1n) is 12.3. The van der Waals surface area contributed by atoms with Crippen LogP contribution in [0, 0.1) is 18.4 Å². The zero-order chi connectivity index (χ0) is 28.1. The fourth-order valence-corrected chi connectivity index (χ4v) is 4.73. The van der Waals surface area contributed by atoms with Crippen LogP contribution in [0.1, 0.15) is 24.5 Å². The number of nitriles is 1. The zero-order valence-corrected chi connectivity index (χ0v) is 22.1. The Balaban J connectivity index is 1.72. The molecule has 0 saturated carbocycles. The van der Waals surface area contributed by atoms with Crippen LogP contribution in [0.25, 0.3) is 0 Å². The van der Waals surface area contributed by atoms with Gasteiger partial charge in [-0.1, -0.05) is 23.7 Å². The normalized spacial score (nSPS) is 21.1. The lowest BCUT2D eigenvalue weighted by Gasteiger charge is -2.31. The fourth-order valence-electron chi connectivity index (χ4n) is 4.61. The highest BCUT2D eigenvalue weighted by Crippen LogP contribution is 2.26. The third-order valence-corrected chi connectivity index (χ3v) is 6.86. The number of hydrazone groups is 1. The van der Waals surface area contributed by atoms with E-state index in [2.05, 4.69) is 20.4 Å². The Labute approximate surface area is 229 Å². The number of benzene rings is 2. The summed E-state index contributed by atoms with van der Waals surface area (Å²) in [5, 5.41) is 31.7. The van der Waals surface area contributed by atoms with Gasteiger partial charge in [0.15, 0.2) is 6.19 Å². The van der Waals surface area contributed by atoms with Gasteiger partial charge in [-0.25, -0.2) is 10.0 Å². The van der Waals surface area contributed by atoms with Gasteiger partial charge in [-0.15, -0.1) is 0 Å². The number of likely N-dealkylation sites (N-methyl/N-ethyl adjacent to an activating group) is 1. The predicted molar refractivity (Wildman–Crippen MR) is 142 cm³/mol. The van der Waals surface area contributed by atoms with E-state index < -0.39 is 24.8 Å². The number of hydrogen-bond acceptors (Lipinski definition) is 7. The number of aryl methyl sites for hydroxylation is 1. The van der Waals surface area contributed by atoms with E-state index >= 15 is 0 Å². The van der Waals surface area contributed by atoms with Crippen LogP contribution >= 0.6 is 11.6 Å². The first kappa shape index (κ1) is 28.2. The number of aliphatic imine (C=N–C) groups is 1. The zero-order valence-electron chi connectivity index (χ0n) is 21.3. The van der Waals surface area contributed by atoms with Crippen LogP contribution in [0.2, 0.25) is 5.02 Å². The number of carbonyl (C=O) groups excluding carboxylic acids is 1. The minimum Gasteiger partial charge on any atom is -0.435 e. The van der Waals surface area contributed by atoms with Crippen molar-refractivity contribution in [3.05, 3.63) is 58.6 Å². The number of aliphatic hydroxyl groups is 1. The van der Waals surface area contributed by atoms with Crippen molar-refractivity contribution >= 4 is 34.9 Å². The molecule has 0 aromatic heterocycles. The molecule has 1 unspecified atom stereocenters. The number of aliphatic hydroxyl groups excluding tert-OH is 1. The molecule has 1 saturated heterocycles. The molecule has 3 atom stereocenters. The molecular weight excluding hydrogens is 532 g/mol. The summed E-state index contributed by atoms with van der Waals surface area (Å²) in [6.07, 6.45) is 1.53. The van der Waals surface area contributed by atoms with Gasteiger partial charge < -0.3 is 20.1 Å². The molecule has 2 heterocycles. The van der Waals surface area contributed by atoms with Crippen molar-refractivity contribution in [1.29, 1.82) is 5.26 Å². The highest BCUT2D eigenvalue weighted by atomic mass is 35.5. The second kappa shape index (κ2) is 12.4. The van der Waals surface area contributed by atoms with Crippen molar-refractivity contribution in [2.45, 2.75) is 45.1 Å². The number of ether oxygens (including phenoxy) is 1. The maximum atomic E-state index is 13.5. The molecule has 4 rings (SSSR count). The van der Waals surface area contributed by atoms with Gasteiger partial charge in [0.25, 0.3) is 0 Å². The van der Waals surface area contributed by atoms with Crippen molar-refractivity contribution in [2.24, 2.45) is 10.1 Å². The SMILES string of the molecule is CCN(C(=O)[C@H]1C[C@@H](O)CN1)C1CN(C(=Nc2cccc(OC(F)F)c2)NC#N)N=C1c1ccc(Cl)c(C)c1. The molecule has 0 radical (unpaired) electrons. The van der Waals surface area contributed by atoms with Gasteiger partial charge in [-0.2, -0.15) is 19.1 Å². The first-order chi connectivity index (χ1) is 18.7. The second-order valence-corrected chi connectivity index (χ2v) is 9.48. The third-order valence-electron chi connectivity index (χ3n) is 6.44. The number of guanidine groups is 1. The van der Waals surface area contributed by atoms with Crippen molar-refractivity contribution in [1.82, 2.24) is 20.5 Å². The van der Waals surface area contributed by atoms with Gasteiger partial charge >= 0.3 is 6.61 Å². The average Bonchev–Trinajstić information content (AvgIpc) is 3.53. The van der Waals surface area contributed by atoms with Crippen LogP contribution in [-0.4, -0.2) is 77.0 Å². The van der Waals surface area contributed by atoms with E-state index in [1.807, 2.05) is 26.1 Å². The standard InChI is InChI=1S/C26H28ClF2N7O3/c1-3-35(24(38)21-11-18(37)12-31-21)22-13-36(34-23(22)16-7-8-20(27)15(2)9-16)26(32-14-30)33-17-5-4-6-19(10-17)39-25(28)29/h4-10,18,21-22,25,31,37H,3,11-13H2,1-2H3,(H,32,33)/t18-,21-,22?/m1/s1. The predicted octanol–water partition coefficient (Wildman–Crippen LogP) is 2.97. The third kappa shape index (κ3) is 6.62. The molecule has 10 nitrogen and oxygen atoms in total. The molecule has 3 N–H and O–H groups in total. The van der Waals surface area contributed by atoms with Crippen LogP contribution in [-0.2, 0) is 4.79 Å². The number of rotatable bonds is 7. The molecule has 0 spiro atoms. The number of carbonyl (C=O) groups is 1. The molecule has 2 aliphatic heterocycles. The van der Waals surface area contributed by atoms with E-state index in [-0.39, 0.29) is 29.8 Å². The molecule has 0 bridgehead atoms. The number of nitrogens with zero attached hydrogens (tertiary/aromatic N) is 5. The quantitative estimate of drug-likeness (QED) is 0.206. The number of alkyl halides is 2. The van der Waals surface area contributed by atoms with Crippen molar-refractivity contribution in [3.8, 4) is 11.9 Å². The Morgan fingerprint density at radius 1 is 1.41 bits per heavy atom. The van der Waals surface area contributed by atoms with E-state index in [0.29, 0.717) is 30.2 Å². The van der Waals surface area contributed by atoms with Crippen LogP contribution in [0.3, 0.4) is 0 Å². The molecule has 2 aromatic carbocycles. The average molecular weight is 560 g/mol. The van der Waals surface area contributed by atoms with Gasteiger partial charge in [0.1, 0.15) is 5.75 Å². The summed E-state index contributed by atoms with van der Waals surface area (Å²) >= 11 is 6.25. The van der Waals surface area contributed by atoms with Crippen molar-refractivity contribution in [3.63, 3.8) is 0 Å². The van der Waals surface area contributed by atoms with E-state index in [9.17, 15) is 23.9 Å². The minimum absolute atomic E-state index is 0.0373. The summed E-state index contributed by atoms with van der Waals surface area (Å²) in [6, 6.07) is 10.1. The molecule has 13 heteroatoms. The van der Waals surface area contributed by atoms with Crippen LogP contribution < -0.4 is 15.4 Å². The number of hydrogen-bond donors (Lipinski definition) is 3. The Morgan fingerprint density at radius 3 is 2.85 bits per heavy atom. The van der Waals surface area contributed by atoms with Gasteiger partial charge in [0, 0.05) is 29.7 Å². The highest BCUT2D eigenvalue weighted by molar-refractivity contribution is 6.31. The molecule has 0 aliphatic carbocycles. The van der Waals surface area contributed by atoms with E-state index in [1.165, 1.54) is 23.2 Å². The monoisotopic (exact) mass is 559 g/mol. The molecule has 1 fully saturated rings. The molecule has 1 amide bonds. The van der Waals surface area contributed by atoms with Crippen LogP contribution in [0.4, 0.5) is 14.5 Å². The number of nitrogens with one attached hydrogen (secondary N) is 2. The van der Waals surface area contributed by atoms with E-state index in [1.54, 1.807) is 23.1 Å². The van der Waals surface area contributed by atoms with Gasteiger partial charge in [-0.05, 0) is 50.1 Å². The number of amides is 1. The van der Waals surface area contributed by atoms with Gasteiger partial charge in [0.2, 0.25) is 11.9 Å². The molecule has 2 aromatic rings. The van der Waals surface area contributed by atoms with E-state index in [4.69, 9.17) is 16.7 Å². The Hall–Kier alpha value is -3.79. The Bertz CT molecular complexity index is 1320. The first-order valence-corrected chi connectivity index (χ1v) is 12.7. The summed E-state index contributed by atoms with van der Waals surface area (Å²) in [6.45, 7) is 1.57. The van der Waals surface area contributed by atoms with Crippen LogP contribution in [0.5, 0.6) is 5.75 Å². The molecular formula is C26H28ClF2N7O3. The topological polar surface area (TPSA) is 126 Å². The lowest BCUT2D eigenvalue weighted by Crippen LogP contribution is -2.53. The molecule has 206 valence electrons. The minimum atomic E-state index is -3.00. The fraction of sp³-hybridized carbons (Fsp3) is 0.385. The summed E-state index contributed by atoms with van der Waals surface area (Å²) < 4.78 is 29.8. The lowest BCUT2D eigenvalue weighted by atomic mass is 10.00. The van der Waals surface area contributed by atoms with Crippen molar-refractivity contribution < 1.29 is 23.4 Å². The van der Waals surface area contributed by atoms with Gasteiger partial charge in [-0.3, -0.25) is 10.1 Å². The van der Waals surface area contributed by atoms with Crippen molar-refractivity contribution in [2.75, 3.05) is 19.6 Å². The van der Waals surface area contributed by atoms with E-state index in [0.717, 1.165) is 11.1 Å². The Morgan fingerprint density at radius 2 is 2.21 bits per heavy atom. The summed E-state index contributed by atoms with van der Waals surface area (Å²) in [5.74, 6) is -0.227. The maximum Gasteiger partial charge on any atom is 0.387 e. The summed E-state index contributed by atoms with van der Waals surface area (Å²) in [4.78, 5) is 19.6. The lowest BCUT2D eigenvalue weighted by molar-refractivity contribution is -0.134. The number of β-amino-alcohol motifs (C(OH)–C–C–N with tert-alkyl or cyclic N) is 1. The largest absolute Gasteiger partial charge is 0.435 e. The highest BCUT2D eigenvalue weighted by Gasteiger charge is 2.40. The summed E-state index contributed by atoms with van der Waals surface area (Å²) in [5.41, 5.74) is 2.37. The van der Waals surface area contributed by atoms with Gasteiger partial charge in [0.05, 0.1) is 36.1 Å². The second-order valence-electron chi connectivity index (χ2n) is 9.07. The van der Waals surface area contributed by atoms with Crippen LogP contribution in [0.15, 0.2) is 52.6 Å².